The molecular formula is C14H11Cl2N3O3S. The Morgan fingerprint density at radius 1 is 1.22 bits per heavy atom. The van der Waals surface area contributed by atoms with E-state index in [4.69, 9.17) is 27.9 Å². The van der Waals surface area contributed by atoms with Gasteiger partial charge in [-0.05, 0) is 24.3 Å². The van der Waals surface area contributed by atoms with Crippen LogP contribution in [0.3, 0.4) is 0 Å². The van der Waals surface area contributed by atoms with E-state index in [0.717, 1.165) is 0 Å². The van der Waals surface area contributed by atoms with Crippen LogP contribution in [0.5, 0.6) is 5.88 Å². The van der Waals surface area contributed by atoms with Crippen molar-refractivity contribution in [3.63, 3.8) is 0 Å². The van der Waals surface area contributed by atoms with E-state index in [-0.39, 0.29) is 15.7 Å². The predicted molar refractivity (Wildman–Crippen MR) is 89.9 cm³/mol. The largest absolute Gasteiger partial charge is 0.481 e. The molecule has 0 saturated carbocycles. The normalized spacial score (nSPS) is 11.6. The van der Waals surface area contributed by atoms with Gasteiger partial charge < -0.3 is 9.72 Å². The number of benzene rings is 1. The van der Waals surface area contributed by atoms with E-state index < -0.39 is 10.0 Å². The monoisotopic (exact) mass is 371 g/mol. The molecule has 0 fully saturated rings. The summed E-state index contributed by atoms with van der Waals surface area (Å²) in [5.74, 6) is 0.291. The lowest BCUT2D eigenvalue weighted by atomic mass is 10.2. The molecular weight excluding hydrogens is 361 g/mol. The summed E-state index contributed by atoms with van der Waals surface area (Å²) in [5.41, 5.74) is 0.785. The quantitative estimate of drug-likeness (QED) is 0.685. The lowest BCUT2D eigenvalue weighted by Gasteiger charge is -2.09. The van der Waals surface area contributed by atoms with Crippen LogP contribution >= 0.6 is 23.2 Å². The van der Waals surface area contributed by atoms with Gasteiger partial charge in [0, 0.05) is 28.2 Å². The minimum Gasteiger partial charge on any atom is -0.481 e. The molecule has 3 aromatic rings. The third-order valence-electron chi connectivity index (χ3n) is 3.17. The van der Waals surface area contributed by atoms with Crippen molar-refractivity contribution >= 4 is 49.8 Å². The summed E-state index contributed by atoms with van der Waals surface area (Å²) in [6.07, 6.45) is 1.40. The van der Waals surface area contributed by atoms with Crippen molar-refractivity contribution in [1.29, 1.82) is 0 Å². The van der Waals surface area contributed by atoms with Crippen LogP contribution in [0.25, 0.3) is 10.9 Å². The number of anilines is 1. The topological polar surface area (TPSA) is 84.1 Å². The summed E-state index contributed by atoms with van der Waals surface area (Å²) < 4.78 is 32.5. The van der Waals surface area contributed by atoms with Crippen LogP contribution in [-0.4, -0.2) is 25.5 Å². The molecule has 0 amide bonds. The molecule has 3 rings (SSSR count). The smallest absolute Gasteiger partial charge is 0.264 e. The number of H-pyrrole nitrogens is 1. The molecule has 120 valence electrons. The van der Waals surface area contributed by atoms with Gasteiger partial charge in [0.05, 0.1) is 12.8 Å². The Morgan fingerprint density at radius 3 is 2.70 bits per heavy atom. The third-order valence-corrected chi connectivity index (χ3v) is 5.10. The first-order valence-corrected chi connectivity index (χ1v) is 8.64. The Bertz CT molecular complexity index is 986. The molecule has 0 unspecified atom stereocenters. The van der Waals surface area contributed by atoms with Crippen LogP contribution in [0.4, 0.5) is 5.69 Å². The first-order valence-electron chi connectivity index (χ1n) is 6.41. The van der Waals surface area contributed by atoms with Crippen LogP contribution in [0.1, 0.15) is 0 Å². The second-order valence-electron chi connectivity index (χ2n) is 4.64. The SMILES string of the molecule is COc1ccc(NS(=O)(=O)c2c[nH]c3cc(Cl)ccc23)c(Cl)n1. The molecule has 0 bridgehead atoms. The van der Waals surface area contributed by atoms with Gasteiger partial charge in [-0.3, -0.25) is 4.72 Å². The maximum atomic E-state index is 12.6. The van der Waals surface area contributed by atoms with Crippen molar-refractivity contribution in [2.24, 2.45) is 0 Å². The molecule has 9 heteroatoms. The lowest BCUT2D eigenvalue weighted by Crippen LogP contribution is -2.13. The summed E-state index contributed by atoms with van der Waals surface area (Å²) in [6, 6.07) is 7.91. The van der Waals surface area contributed by atoms with E-state index >= 15 is 0 Å². The van der Waals surface area contributed by atoms with Crippen LogP contribution < -0.4 is 9.46 Å². The van der Waals surface area contributed by atoms with Gasteiger partial charge >= 0.3 is 0 Å². The number of hydrogen-bond donors (Lipinski definition) is 2. The Morgan fingerprint density at radius 2 is 2.00 bits per heavy atom. The summed E-state index contributed by atoms with van der Waals surface area (Å²) in [7, 11) is -2.40. The van der Waals surface area contributed by atoms with Gasteiger partial charge in [-0.25, -0.2) is 8.42 Å². The standard InChI is InChI=1S/C14H11Cl2N3O3S/c1-22-13-5-4-10(14(16)18-13)19-23(20,21)12-7-17-11-6-8(15)2-3-9(11)12/h2-7,17,19H,1H3. The highest BCUT2D eigenvalue weighted by molar-refractivity contribution is 7.93. The van der Waals surface area contributed by atoms with E-state index in [1.807, 2.05) is 0 Å². The number of nitrogens with one attached hydrogen (secondary N) is 2. The number of sulfonamides is 1. The van der Waals surface area contributed by atoms with Crippen LogP contribution in [0.15, 0.2) is 41.4 Å². The van der Waals surface area contributed by atoms with Gasteiger partial charge in [0.15, 0.2) is 5.15 Å². The highest BCUT2D eigenvalue weighted by atomic mass is 35.5. The number of nitrogens with zero attached hydrogens (tertiary/aromatic N) is 1. The van der Waals surface area contributed by atoms with Crippen molar-refractivity contribution in [3.8, 4) is 5.88 Å². The van der Waals surface area contributed by atoms with E-state index in [9.17, 15) is 8.42 Å². The van der Waals surface area contributed by atoms with E-state index in [1.54, 1.807) is 18.2 Å². The van der Waals surface area contributed by atoms with E-state index in [0.29, 0.717) is 21.8 Å². The molecule has 1 aromatic carbocycles. The minimum absolute atomic E-state index is 0.00388. The average molecular weight is 372 g/mol. The lowest BCUT2D eigenvalue weighted by molar-refractivity contribution is 0.398. The van der Waals surface area contributed by atoms with E-state index in [1.165, 1.54) is 25.4 Å². The van der Waals surface area contributed by atoms with Gasteiger partial charge in [-0.15, -0.1) is 0 Å². The molecule has 2 heterocycles. The zero-order valence-electron chi connectivity index (χ0n) is 11.8. The fraction of sp³-hybridized carbons (Fsp3) is 0.0714. The predicted octanol–water partition coefficient (Wildman–Crippen LogP) is 3.68. The van der Waals surface area contributed by atoms with Crippen molar-refractivity contribution in [3.05, 3.63) is 46.7 Å². The summed E-state index contributed by atoms with van der Waals surface area (Å²) in [4.78, 5) is 6.90. The maximum absolute atomic E-state index is 12.6. The Labute approximate surface area is 142 Å². The van der Waals surface area contributed by atoms with Crippen molar-refractivity contribution in [2.45, 2.75) is 4.90 Å². The van der Waals surface area contributed by atoms with Gasteiger partial charge in [-0.1, -0.05) is 23.2 Å². The number of rotatable bonds is 4. The highest BCUT2D eigenvalue weighted by Crippen LogP contribution is 2.29. The molecule has 2 N–H and O–H groups in total. The van der Waals surface area contributed by atoms with Crippen LogP contribution in [0, 0.1) is 0 Å². The van der Waals surface area contributed by atoms with Crippen molar-refractivity contribution in [2.75, 3.05) is 11.8 Å². The van der Waals surface area contributed by atoms with Crippen molar-refractivity contribution < 1.29 is 13.2 Å². The molecule has 0 saturated heterocycles. The van der Waals surface area contributed by atoms with Gasteiger partial charge in [0.2, 0.25) is 5.88 Å². The molecule has 0 spiro atoms. The summed E-state index contributed by atoms with van der Waals surface area (Å²) >= 11 is 11.9. The summed E-state index contributed by atoms with van der Waals surface area (Å²) in [5, 5.41) is 1.04. The molecule has 0 aliphatic rings. The number of halogens is 2. The van der Waals surface area contributed by atoms with Crippen LogP contribution in [0.2, 0.25) is 10.2 Å². The molecule has 0 atom stereocenters. The van der Waals surface area contributed by atoms with Crippen LogP contribution in [-0.2, 0) is 10.0 Å². The zero-order chi connectivity index (χ0) is 16.6. The van der Waals surface area contributed by atoms with Gasteiger partial charge in [0.1, 0.15) is 4.90 Å². The fourth-order valence-electron chi connectivity index (χ4n) is 2.10. The second kappa shape index (κ2) is 5.92. The summed E-state index contributed by atoms with van der Waals surface area (Å²) in [6.45, 7) is 0. The molecule has 0 radical (unpaired) electrons. The molecule has 23 heavy (non-hydrogen) atoms. The zero-order valence-corrected chi connectivity index (χ0v) is 14.1. The first kappa shape index (κ1) is 15.9. The maximum Gasteiger partial charge on any atom is 0.264 e. The number of methoxy groups -OCH3 is 1. The molecule has 2 aromatic heterocycles. The molecule has 0 aliphatic carbocycles. The Kier molecular flexibility index (Phi) is 4.09. The van der Waals surface area contributed by atoms with Gasteiger partial charge in [0.25, 0.3) is 10.0 Å². The first-order chi connectivity index (χ1) is 10.9. The molecule has 6 nitrogen and oxygen atoms in total. The Balaban J connectivity index is 2.01. The minimum atomic E-state index is -3.84. The van der Waals surface area contributed by atoms with Crippen molar-refractivity contribution in [1.82, 2.24) is 9.97 Å². The van der Waals surface area contributed by atoms with Gasteiger partial charge in [-0.2, -0.15) is 4.98 Å². The highest BCUT2D eigenvalue weighted by Gasteiger charge is 2.20. The number of aromatic amines is 1. The number of pyridine rings is 1. The third kappa shape index (κ3) is 3.08. The number of aromatic nitrogens is 2. The van der Waals surface area contributed by atoms with E-state index in [2.05, 4.69) is 14.7 Å². The fourth-order valence-corrected chi connectivity index (χ4v) is 3.77. The number of hydrogen-bond acceptors (Lipinski definition) is 4. The second-order valence-corrected chi connectivity index (χ2v) is 7.09. The number of fused-ring (bicyclic) bond motifs is 1. The Hall–Kier alpha value is -1.96. The average Bonchev–Trinajstić information content (AvgIpc) is 2.93. The number of ether oxygens (including phenoxy) is 1. The molecule has 0 aliphatic heterocycles.